The molecule has 2 heterocycles. The lowest BCUT2D eigenvalue weighted by molar-refractivity contribution is 0.0953. The Balaban J connectivity index is 0.00000225. The number of nitrogens with zero attached hydrogens (tertiary/aromatic N) is 2. The van der Waals surface area contributed by atoms with Crippen molar-refractivity contribution in [2.24, 2.45) is 0 Å². The van der Waals surface area contributed by atoms with Crippen molar-refractivity contribution in [2.75, 3.05) is 26.2 Å². The number of amides is 1. The van der Waals surface area contributed by atoms with Gasteiger partial charge in [0.15, 0.2) is 0 Å². The molecule has 3 rings (SSSR count). The number of aromatic nitrogens is 1. The predicted octanol–water partition coefficient (Wildman–Crippen LogP) is 3.01. The fourth-order valence-corrected chi connectivity index (χ4v) is 2.56. The van der Waals surface area contributed by atoms with E-state index in [-0.39, 0.29) is 18.4 Å². The molecule has 134 valence electrons. The standard InChI is InChI=1S/C17H18ClN3O3.ClH/c18-13-3-5-15(6-4-13)24-17(22)21-9-8-20-10-14(21)12-23-16-2-1-7-19-11-16;/h1-7,11,14,20H,8-10,12H2;1H. The van der Waals surface area contributed by atoms with Crippen molar-refractivity contribution in [3.8, 4) is 11.5 Å². The van der Waals surface area contributed by atoms with Crippen LogP contribution in [0.3, 0.4) is 0 Å². The minimum atomic E-state index is -0.390. The first kappa shape index (κ1) is 19.3. The fourth-order valence-electron chi connectivity index (χ4n) is 2.44. The summed E-state index contributed by atoms with van der Waals surface area (Å²) in [6, 6.07) is 10.2. The monoisotopic (exact) mass is 383 g/mol. The van der Waals surface area contributed by atoms with Crippen LogP contribution in [0.4, 0.5) is 4.79 Å². The first-order valence-corrected chi connectivity index (χ1v) is 8.08. The zero-order chi connectivity index (χ0) is 16.8. The highest BCUT2D eigenvalue weighted by molar-refractivity contribution is 6.30. The van der Waals surface area contributed by atoms with Crippen molar-refractivity contribution in [3.05, 3.63) is 53.8 Å². The lowest BCUT2D eigenvalue weighted by Gasteiger charge is -2.35. The van der Waals surface area contributed by atoms with E-state index in [2.05, 4.69) is 10.3 Å². The molecule has 0 spiro atoms. The molecule has 1 aliphatic rings. The van der Waals surface area contributed by atoms with Gasteiger partial charge < -0.3 is 14.8 Å². The molecule has 0 aliphatic carbocycles. The molecule has 0 saturated carbocycles. The van der Waals surface area contributed by atoms with E-state index in [1.807, 2.05) is 6.07 Å². The lowest BCUT2D eigenvalue weighted by Crippen LogP contribution is -2.56. The highest BCUT2D eigenvalue weighted by atomic mass is 35.5. The van der Waals surface area contributed by atoms with Gasteiger partial charge in [0, 0.05) is 30.9 Å². The molecule has 1 aromatic heterocycles. The summed E-state index contributed by atoms with van der Waals surface area (Å²) in [5.41, 5.74) is 0. The lowest BCUT2D eigenvalue weighted by atomic mass is 10.2. The number of ether oxygens (including phenoxy) is 2. The molecule has 1 aliphatic heterocycles. The number of benzene rings is 1. The number of carbonyl (C=O) groups excluding carboxylic acids is 1. The van der Waals surface area contributed by atoms with Crippen molar-refractivity contribution >= 4 is 30.1 Å². The average molecular weight is 384 g/mol. The number of hydrogen-bond acceptors (Lipinski definition) is 5. The maximum absolute atomic E-state index is 12.4. The van der Waals surface area contributed by atoms with Crippen LogP contribution in [0.5, 0.6) is 11.5 Å². The smallest absolute Gasteiger partial charge is 0.415 e. The van der Waals surface area contributed by atoms with Gasteiger partial charge in [-0.2, -0.15) is 0 Å². The second-order valence-electron chi connectivity index (χ2n) is 5.37. The van der Waals surface area contributed by atoms with E-state index in [0.29, 0.717) is 36.2 Å². The predicted molar refractivity (Wildman–Crippen MR) is 97.8 cm³/mol. The third kappa shape index (κ3) is 5.49. The van der Waals surface area contributed by atoms with Gasteiger partial charge in [-0.15, -0.1) is 12.4 Å². The maximum atomic E-state index is 12.4. The Labute approximate surface area is 157 Å². The van der Waals surface area contributed by atoms with E-state index in [0.717, 1.165) is 6.54 Å². The molecule has 1 saturated heterocycles. The molecule has 25 heavy (non-hydrogen) atoms. The molecule has 1 aromatic carbocycles. The fraction of sp³-hybridized carbons (Fsp3) is 0.294. The zero-order valence-corrected chi connectivity index (χ0v) is 15.0. The summed E-state index contributed by atoms with van der Waals surface area (Å²) >= 11 is 5.84. The van der Waals surface area contributed by atoms with E-state index < -0.39 is 6.09 Å². The van der Waals surface area contributed by atoms with E-state index in [9.17, 15) is 4.79 Å². The summed E-state index contributed by atoms with van der Waals surface area (Å²) in [5.74, 6) is 1.14. The van der Waals surface area contributed by atoms with Crippen molar-refractivity contribution in [2.45, 2.75) is 6.04 Å². The Morgan fingerprint density at radius 1 is 1.28 bits per heavy atom. The molecule has 1 fully saturated rings. The van der Waals surface area contributed by atoms with Crippen LogP contribution < -0.4 is 14.8 Å². The van der Waals surface area contributed by atoms with Crippen LogP contribution in [0.1, 0.15) is 0 Å². The molecule has 1 unspecified atom stereocenters. The van der Waals surface area contributed by atoms with Crippen LogP contribution in [0, 0.1) is 0 Å². The van der Waals surface area contributed by atoms with Gasteiger partial charge in [-0.25, -0.2) is 4.79 Å². The van der Waals surface area contributed by atoms with E-state index >= 15 is 0 Å². The number of nitrogens with one attached hydrogen (secondary N) is 1. The van der Waals surface area contributed by atoms with Gasteiger partial charge in [0.25, 0.3) is 0 Å². The van der Waals surface area contributed by atoms with Gasteiger partial charge in [-0.05, 0) is 36.4 Å². The van der Waals surface area contributed by atoms with Crippen LogP contribution in [0.2, 0.25) is 5.02 Å². The van der Waals surface area contributed by atoms with Gasteiger partial charge in [0.05, 0.1) is 12.2 Å². The minimum Gasteiger partial charge on any atom is -0.490 e. The van der Waals surface area contributed by atoms with Gasteiger partial charge in [0.2, 0.25) is 0 Å². The van der Waals surface area contributed by atoms with Crippen molar-refractivity contribution in [1.29, 1.82) is 0 Å². The first-order valence-electron chi connectivity index (χ1n) is 7.70. The summed E-state index contributed by atoms with van der Waals surface area (Å²) in [6.07, 6.45) is 2.94. The van der Waals surface area contributed by atoms with Gasteiger partial charge >= 0.3 is 6.09 Å². The Morgan fingerprint density at radius 2 is 2.08 bits per heavy atom. The molecule has 6 nitrogen and oxygen atoms in total. The SMILES string of the molecule is Cl.O=C(Oc1ccc(Cl)cc1)N1CCNCC1COc1cccnc1. The molecule has 1 atom stereocenters. The number of piperazine rings is 1. The number of rotatable bonds is 4. The zero-order valence-electron chi connectivity index (χ0n) is 13.4. The minimum absolute atomic E-state index is 0. The van der Waals surface area contributed by atoms with Crippen molar-refractivity contribution in [1.82, 2.24) is 15.2 Å². The van der Waals surface area contributed by atoms with Gasteiger partial charge in [0.1, 0.15) is 18.1 Å². The molecule has 0 radical (unpaired) electrons. The Morgan fingerprint density at radius 3 is 2.80 bits per heavy atom. The topological polar surface area (TPSA) is 63.7 Å². The average Bonchev–Trinajstić information content (AvgIpc) is 2.63. The number of pyridine rings is 1. The summed E-state index contributed by atoms with van der Waals surface area (Å²) in [6.45, 7) is 2.30. The largest absolute Gasteiger partial charge is 0.490 e. The van der Waals surface area contributed by atoms with Gasteiger partial charge in [-0.1, -0.05) is 11.6 Å². The highest BCUT2D eigenvalue weighted by Crippen LogP contribution is 2.18. The van der Waals surface area contributed by atoms with E-state index in [1.54, 1.807) is 47.6 Å². The summed E-state index contributed by atoms with van der Waals surface area (Å²) in [7, 11) is 0. The Kier molecular flexibility index (Phi) is 7.31. The first-order chi connectivity index (χ1) is 11.7. The molecule has 1 N–H and O–H groups in total. The summed E-state index contributed by atoms with van der Waals surface area (Å²) in [5, 5.41) is 3.86. The second kappa shape index (κ2) is 9.46. The van der Waals surface area contributed by atoms with Crippen LogP contribution >= 0.6 is 24.0 Å². The third-order valence-corrected chi connectivity index (χ3v) is 3.93. The summed E-state index contributed by atoms with van der Waals surface area (Å²) in [4.78, 5) is 18.1. The number of halogens is 2. The van der Waals surface area contributed by atoms with Crippen LogP contribution in [-0.4, -0.2) is 48.3 Å². The molecule has 0 bridgehead atoms. The van der Waals surface area contributed by atoms with E-state index in [1.165, 1.54) is 0 Å². The Bertz CT molecular complexity index is 671. The second-order valence-corrected chi connectivity index (χ2v) is 5.81. The van der Waals surface area contributed by atoms with Crippen molar-refractivity contribution in [3.63, 3.8) is 0 Å². The quantitative estimate of drug-likeness (QED) is 0.878. The molecular formula is C17H19Cl2N3O3. The highest BCUT2D eigenvalue weighted by Gasteiger charge is 2.28. The molecule has 1 amide bonds. The van der Waals surface area contributed by atoms with Gasteiger partial charge in [-0.3, -0.25) is 9.88 Å². The summed E-state index contributed by atoms with van der Waals surface area (Å²) < 4.78 is 11.1. The number of hydrogen-bond donors (Lipinski definition) is 1. The van der Waals surface area contributed by atoms with E-state index in [4.69, 9.17) is 21.1 Å². The van der Waals surface area contributed by atoms with Crippen LogP contribution in [-0.2, 0) is 0 Å². The normalized spacial score (nSPS) is 16.7. The Hall–Kier alpha value is -2.02. The van der Waals surface area contributed by atoms with Crippen LogP contribution in [0.25, 0.3) is 0 Å². The third-order valence-electron chi connectivity index (χ3n) is 3.68. The maximum Gasteiger partial charge on any atom is 0.415 e. The molecule has 8 heteroatoms. The number of carbonyl (C=O) groups is 1. The molecule has 2 aromatic rings. The molecular weight excluding hydrogens is 365 g/mol. The van der Waals surface area contributed by atoms with Crippen molar-refractivity contribution < 1.29 is 14.3 Å². The van der Waals surface area contributed by atoms with Crippen LogP contribution in [0.15, 0.2) is 48.8 Å².